The largest absolute Gasteiger partial charge is 0.376 e. The summed E-state index contributed by atoms with van der Waals surface area (Å²) in [6.45, 7) is 9.41. The zero-order valence-electron chi connectivity index (χ0n) is 14.1. The van der Waals surface area contributed by atoms with Gasteiger partial charge in [-0.05, 0) is 32.9 Å². The van der Waals surface area contributed by atoms with Gasteiger partial charge < -0.3 is 9.64 Å². The van der Waals surface area contributed by atoms with E-state index in [1.54, 1.807) is 0 Å². The number of ketones is 1. The van der Waals surface area contributed by atoms with Crippen LogP contribution >= 0.6 is 0 Å². The van der Waals surface area contributed by atoms with Crippen molar-refractivity contribution in [3.05, 3.63) is 35.9 Å². The number of piperidine rings is 1. The highest BCUT2D eigenvalue weighted by molar-refractivity contribution is 5.97. The van der Waals surface area contributed by atoms with E-state index in [1.165, 1.54) is 0 Å². The number of carbonyl (C=O) groups is 1. The van der Waals surface area contributed by atoms with Crippen LogP contribution in [0.3, 0.4) is 0 Å². The smallest absolute Gasteiger partial charge is 0.166 e. The van der Waals surface area contributed by atoms with E-state index >= 15 is 0 Å². The van der Waals surface area contributed by atoms with Gasteiger partial charge >= 0.3 is 0 Å². The first-order valence-electron chi connectivity index (χ1n) is 8.88. The maximum atomic E-state index is 12.5. The zero-order valence-corrected chi connectivity index (χ0v) is 14.1. The Kier molecular flexibility index (Phi) is 5.81. The number of benzene rings is 1. The fourth-order valence-electron chi connectivity index (χ4n) is 3.63. The van der Waals surface area contributed by atoms with E-state index in [-0.39, 0.29) is 5.92 Å². The maximum absolute atomic E-state index is 12.5. The Morgan fingerprint density at radius 2 is 1.78 bits per heavy atom. The Bertz CT molecular complexity index is 497. The minimum Gasteiger partial charge on any atom is -0.376 e. The molecule has 0 N–H and O–H groups in total. The van der Waals surface area contributed by atoms with Gasteiger partial charge in [0.1, 0.15) is 0 Å². The highest BCUT2D eigenvalue weighted by Crippen LogP contribution is 2.21. The number of likely N-dealkylation sites (tertiary alicyclic amines) is 1. The van der Waals surface area contributed by atoms with E-state index in [0.29, 0.717) is 11.9 Å². The van der Waals surface area contributed by atoms with Gasteiger partial charge in [-0.3, -0.25) is 9.69 Å². The van der Waals surface area contributed by atoms with Gasteiger partial charge in [-0.2, -0.15) is 0 Å². The first-order valence-corrected chi connectivity index (χ1v) is 8.88. The third-order valence-corrected chi connectivity index (χ3v) is 5.07. The molecule has 4 heteroatoms. The van der Waals surface area contributed by atoms with Crippen molar-refractivity contribution in [3.8, 4) is 0 Å². The van der Waals surface area contributed by atoms with Crippen molar-refractivity contribution in [2.24, 2.45) is 5.92 Å². The summed E-state index contributed by atoms with van der Waals surface area (Å²) in [5.74, 6) is 0.532. The molecule has 1 aromatic carbocycles. The average Bonchev–Trinajstić information content (AvgIpc) is 2.61. The number of rotatable bonds is 5. The number of carbonyl (C=O) groups excluding carboxylic acids is 1. The van der Waals surface area contributed by atoms with Gasteiger partial charge in [-0.1, -0.05) is 30.3 Å². The lowest BCUT2D eigenvalue weighted by molar-refractivity contribution is -0.0213. The molecule has 1 atom stereocenters. The average molecular weight is 316 g/mol. The van der Waals surface area contributed by atoms with Gasteiger partial charge in [0.15, 0.2) is 5.78 Å². The number of Topliss-reactive ketones (excluding diaryl/α,β-unsaturated/α-hetero) is 1. The van der Waals surface area contributed by atoms with Crippen molar-refractivity contribution in [1.29, 1.82) is 0 Å². The molecule has 2 fully saturated rings. The van der Waals surface area contributed by atoms with Crippen molar-refractivity contribution in [2.75, 3.05) is 45.9 Å². The third kappa shape index (κ3) is 4.63. The fourth-order valence-corrected chi connectivity index (χ4v) is 3.63. The molecule has 0 amide bonds. The summed E-state index contributed by atoms with van der Waals surface area (Å²) in [7, 11) is 0. The molecule has 2 heterocycles. The molecule has 0 aliphatic carbocycles. The molecule has 2 aliphatic heterocycles. The summed E-state index contributed by atoms with van der Waals surface area (Å²) in [5, 5.41) is 0. The molecular formula is C19H28N2O2. The van der Waals surface area contributed by atoms with Gasteiger partial charge in [0.05, 0.1) is 12.7 Å². The van der Waals surface area contributed by atoms with Crippen LogP contribution in [-0.4, -0.2) is 67.6 Å². The summed E-state index contributed by atoms with van der Waals surface area (Å²) in [6, 6.07) is 9.74. The van der Waals surface area contributed by atoms with Crippen LogP contribution in [0.25, 0.3) is 0 Å². The lowest BCUT2D eigenvalue weighted by Crippen LogP contribution is -2.46. The van der Waals surface area contributed by atoms with Crippen molar-refractivity contribution in [3.63, 3.8) is 0 Å². The molecule has 1 aromatic rings. The number of morpholine rings is 1. The van der Waals surface area contributed by atoms with Crippen molar-refractivity contribution in [2.45, 2.75) is 25.9 Å². The van der Waals surface area contributed by atoms with E-state index in [0.717, 1.165) is 64.3 Å². The highest BCUT2D eigenvalue weighted by Gasteiger charge is 2.26. The summed E-state index contributed by atoms with van der Waals surface area (Å²) in [4.78, 5) is 17.5. The minimum absolute atomic E-state index is 0.206. The van der Waals surface area contributed by atoms with Gasteiger partial charge in [0.25, 0.3) is 0 Å². The second kappa shape index (κ2) is 8.04. The predicted molar refractivity (Wildman–Crippen MR) is 91.8 cm³/mol. The number of hydrogen-bond donors (Lipinski definition) is 0. The lowest BCUT2D eigenvalue weighted by atomic mass is 9.89. The monoisotopic (exact) mass is 316 g/mol. The maximum Gasteiger partial charge on any atom is 0.166 e. The molecule has 3 rings (SSSR count). The molecule has 2 saturated heterocycles. The SMILES string of the molecule is CC1CN(CCN2CCC(C(=O)c3ccccc3)CC2)CCO1. The molecule has 23 heavy (non-hydrogen) atoms. The van der Waals surface area contributed by atoms with Crippen molar-refractivity contribution < 1.29 is 9.53 Å². The van der Waals surface area contributed by atoms with Crippen LogP contribution in [0.5, 0.6) is 0 Å². The van der Waals surface area contributed by atoms with Crippen LogP contribution in [-0.2, 0) is 4.74 Å². The summed E-state index contributed by atoms with van der Waals surface area (Å²) >= 11 is 0. The molecule has 1 unspecified atom stereocenters. The van der Waals surface area contributed by atoms with E-state index in [1.807, 2.05) is 30.3 Å². The molecule has 2 aliphatic rings. The molecule has 0 radical (unpaired) electrons. The van der Waals surface area contributed by atoms with Crippen LogP contribution in [0.1, 0.15) is 30.1 Å². The summed E-state index contributed by atoms with van der Waals surface area (Å²) < 4.78 is 5.59. The van der Waals surface area contributed by atoms with Crippen LogP contribution < -0.4 is 0 Å². The first-order chi connectivity index (χ1) is 11.2. The molecule has 4 nitrogen and oxygen atoms in total. The Balaban J connectivity index is 1.41. The van der Waals surface area contributed by atoms with Crippen molar-refractivity contribution in [1.82, 2.24) is 9.80 Å². The van der Waals surface area contributed by atoms with Crippen LogP contribution in [0, 0.1) is 5.92 Å². The normalized spacial score (nSPS) is 24.7. The highest BCUT2D eigenvalue weighted by atomic mass is 16.5. The third-order valence-electron chi connectivity index (χ3n) is 5.07. The summed E-state index contributed by atoms with van der Waals surface area (Å²) in [6.07, 6.45) is 2.35. The topological polar surface area (TPSA) is 32.8 Å². The molecule has 0 bridgehead atoms. The molecule has 0 saturated carbocycles. The minimum atomic E-state index is 0.206. The van der Waals surface area contributed by atoms with Crippen LogP contribution in [0.15, 0.2) is 30.3 Å². The second-order valence-electron chi connectivity index (χ2n) is 6.83. The van der Waals surface area contributed by atoms with Crippen molar-refractivity contribution >= 4 is 5.78 Å². The van der Waals surface area contributed by atoms with Gasteiger partial charge in [-0.15, -0.1) is 0 Å². The van der Waals surface area contributed by atoms with Crippen LogP contribution in [0.2, 0.25) is 0 Å². The quantitative estimate of drug-likeness (QED) is 0.781. The molecule has 126 valence electrons. The number of nitrogens with zero attached hydrogens (tertiary/aromatic N) is 2. The Morgan fingerprint density at radius 3 is 2.48 bits per heavy atom. The van der Waals surface area contributed by atoms with E-state index in [2.05, 4.69) is 16.7 Å². The number of hydrogen-bond acceptors (Lipinski definition) is 4. The lowest BCUT2D eigenvalue weighted by Gasteiger charge is -2.35. The van der Waals surface area contributed by atoms with Gasteiger partial charge in [0, 0.05) is 37.7 Å². The van der Waals surface area contributed by atoms with Gasteiger partial charge in [-0.25, -0.2) is 0 Å². The van der Waals surface area contributed by atoms with E-state index in [9.17, 15) is 4.79 Å². The Hall–Kier alpha value is -1.23. The van der Waals surface area contributed by atoms with E-state index in [4.69, 9.17) is 4.74 Å². The first kappa shape index (κ1) is 16.6. The number of ether oxygens (including phenoxy) is 1. The second-order valence-corrected chi connectivity index (χ2v) is 6.83. The summed E-state index contributed by atoms with van der Waals surface area (Å²) in [5.41, 5.74) is 0.869. The van der Waals surface area contributed by atoms with Gasteiger partial charge in [0.2, 0.25) is 0 Å². The van der Waals surface area contributed by atoms with Crippen LogP contribution in [0.4, 0.5) is 0 Å². The molecule has 0 aromatic heterocycles. The Morgan fingerprint density at radius 1 is 1.09 bits per heavy atom. The molecular weight excluding hydrogens is 288 g/mol. The Labute approximate surface area is 139 Å². The zero-order chi connectivity index (χ0) is 16.1. The predicted octanol–water partition coefficient (Wildman–Crippen LogP) is 2.30. The van der Waals surface area contributed by atoms with E-state index < -0.39 is 0 Å². The standard InChI is InChI=1S/C19H28N2O2/c1-16-15-21(13-14-23-16)12-11-20-9-7-18(8-10-20)19(22)17-5-3-2-4-6-17/h2-6,16,18H,7-15H2,1H3. The molecule has 0 spiro atoms. The fraction of sp³-hybridized carbons (Fsp3) is 0.632.